The third-order valence-corrected chi connectivity index (χ3v) is 4.58. The maximum Gasteiger partial charge on any atom is 0.269 e. The maximum atomic E-state index is 13.3. The molecule has 6 nitrogen and oxygen atoms in total. The van der Waals surface area contributed by atoms with Crippen molar-refractivity contribution in [1.29, 1.82) is 0 Å². The largest absolute Gasteiger partial charge is 0.506 e. The average Bonchev–Trinajstić information content (AvgIpc) is 2.68. The number of nitrogens with one attached hydrogen (secondary N) is 1. The van der Waals surface area contributed by atoms with Crippen LogP contribution in [-0.2, 0) is 6.54 Å². The van der Waals surface area contributed by atoms with Crippen molar-refractivity contribution in [2.45, 2.75) is 58.0 Å². The Hall–Kier alpha value is -2.77. The van der Waals surface area contributed by atoms with E-state index in [0.29, 0.717) is 0 Å². The molecule has 0 saturated heterocycles. The van der Waals surface area contributed by atoms with E-state index in [1.165, 1.54) is 16.8 Å². The molecule has 2 aromatic rings. The number of nitrogens with zero attached hydrogens (tertiary/aromatic N) is 2. The van der Waals surface area contributed by atoms with Gasteiger partial charge in [-0.3, -0.25) is 14.2 Å². The van der Waals surface area contributed by atoms with E-state index in [9.17, 15) is 23.5 Å². The summed E-state index contributed by atoms with van der Waals surface area (Å²) in [6.07, 6.45) is 2.57. The molecular weight excluding hydrogens is 368 g/mol. The van der Waals surface area contributed by atoms with Crippen molar-refractivity contribution in [3.05, 3.63) is 46.9 Å². The van der Waals surface area contributed by atoms with Gasteiger partial charge in [0.2, 0.25) is 5.92 Å². The van der Waals surface area contributed by atoms with Crippen LogP contribution in [0.25, 0.3) is 11.0 Å². The van der Waals surface area contributed by atoms with E-state index < -0.39 is 34.7 Å². The Bertz CT molecular complexity index is 915. The number of hydrogen-bond donors (Lipinski definition) is 2. The van der Waals surface area contributed by atoms with Crippen LogP contribution in [0.3, 0.4) is 0 Å². The van der Waals surface area contributed by atoms with Gasteiger partial charge in [-0.25, -0.2) is 13.8 Å². The standard InChI is InChI=1S/C18H19F2N3O3.C2H6/c1-2-10-23-15-12(4-3-9-21-15)14(24)13(17(23)26)16(25)22-11-5-7-18(19,20)8-6-11;1-2/h2-4,9,11,24H,1,5-8,10H2,(H,22,25);1-2H3. The summed E-state index contributed by atoms with van der Waals surface area (Å²) in [6.45, 7) is 7.70. The van der Waals surface area contributed by atoms with Gasteiger partial charge in [0.05, 0.1) is 5.39 Å². The van der Waals surface area contributed by atoms with Crippen molar-refractivity contribution in [1.82, 2.24) is 14.9 Å². The fourth-order valence-corrected chi connectivity index (χ4v) is 3.21. The zero-order valence-electron chi connectivity index (χ0n) is 16.0. The molecule has 1 aliphatic rings. The number of allylic oxidation sites excluding steroid dienone is 1. The first-order chi connectivity index (χ1) is 13.3. The summed E-state index contributed by atoms with van der Waals surface area (Å²) in [6, 6.07) is 2.67. The minimum Gasteiger partial charge on any atom is -0.506 e. The molecule has 2 aromatic heterocycles. The first-order valence-corrected chi connectivity index (χ1v) is 9.34. The SMILES string of the molecule is C=CCn1c(=O)c(C(=O)NC2CCC(F)(F)CC2)c(O)c2cccnc21.CC. The Labute approximate surface area is 161 Å². The first kappa shape index (κ1) is 21.5. The van der Waals surface area contributed by atoms with Gasteiger partial charge in [0.25, 0.3) is 11.5 Å². The molecule has 0 unspecified atom stereocenters. The second-order valence-electron chi connectivity index (χ2n) is 6.41. The van der Waals surface area contributed by atoms with E-state index in [-0.39, 0.29) is 43.3 Å². The molecule has 1 aliphatic carbocycles. The molecule has 0 spiro atoms. The number of alkyl halides is 2. The molecule has 0 radical (unpaired) electrons. The quantitative estimate of drug-likeness (QED) is 0.777. The van der Waals surface area contributed by atoms with Crippen LogP contribution in [0.4, 0.5) is 8.78 Å². The molecule has 28 heavy (non-hydrogen) atoms. The minimum atomic E-state index is -2.71. The topological polar surface area (TPSA) is 84.2 Å². The van der Waals surface area contributed by atoms with Crippen molar-refractivity contribution >= 4 is 16.9 Å². The molecule has 3 rings (SSSR count). The van der Waals surface area contributed by atoms with Crippen LogP contribution >= 0.6 is 0 Å². The minimum absolute atomic E-state index is 0.114. The third kappa shape index (κ3) is 4.37. The summed E-state index contributed by atoms with van der Waals surface area (Å²) >= 11 is 0. The molecule has 1 fully saturated rings. The fourth-order valence-electron chi connectivity index (χ4n) is 3.21. The summed E-state index contributed by atoms with van der Waals surface area (Å²) in [5, 5.41) is 13.3. The maximum absolute atomic E-state index is 13.3. The number of rotatable bonds is 4. The second kappa shape index (κ2) is 8.95. The number of halogens is 2. The number of carbonyl (C=O) groups excluding carboxylic acids is 1. The van der Waals surface area contributed by atoms with Crippen molar-refractivity contribution in [2.75, 3.05) is 0 Å². The van der Waals surface area contributed by atoms with Gasteiger partial charge >= 0.3 is 0 Å². The van der Waals surface area contributed by atoms with Crippen LogP contribution < -0.4 is 10.9 Å². The lowest BCUT2D eigenvalue weighted by Crippen LogP contribution is -2.42. The summed E-state index contributed by atoms with van der Waals surface area (Å²) in [5.41, 5.74) is -0.874. The number of pyridine rings is 2. The third-order valence-electron chi connectivity index (χ3n) is 4.58. The van der Waals surface area contributed by atoms with Crippen molar-refractivity contribution in [2.24, 2.45) is 0 Å². The molecular formula is C20H25F2N3O3. The highest BCUT2D eigenvalue weighted by molar-refractivity contribution is 6.01. The van der Waals surface area contributed by atoms with E-state index in [1.807, 2.05) is 13.8 Å². The average molecular weight is 393 g/mol. The smallest absolute Gasteiger partial charge is 0.269 e. The Morgan fingerprint density at radius 3 is 2.68 bits per heavy atom. The number of carbonyl (C=O) groups is 1. The Morgan fingerprint density at radius 1 is 1.43 bits per heavy atom. The van der Waals surface area contributed by atoms with Gasteiger partial charge in [0.1, 0.15) is 17.0 Å². The molecule has 8 heteroatoms. The highest BCUT2D eigenvalue weighted by Crippen LogP contribution is 2.33. The van der Waals surface area contributed by atoms with E-state index in [0.717, 1.165) is 0 Å². The summed E-state index contributed by atoms with van der Waals surface area (Å²) in [7, 11) is 0. The van der Waals surface area contributed by atoms with Crippen LogP contribution in [0.1, 0.15) is 49.9 Å². The summed E-state index contributed by atoms with van der Waals surface area (Å²) < 4.78 is 27.8. The zero-order chi connectivity index (χ0) is 20.9. The van der Waals surface area contributed by atoms with Crippen LogP contribution in [0.15, 0.2) is 35.8 Å². The lowest BCUT2D eigenvalue weighted by molar-refractivity contribution is -0.0399. The predicted molar refractivity (Wildman–Crippen MR) is 104 cm³/mol. The van der Waals surface area contributed by atoms with Crippen LogP contribution in [0.2, 0.25) is 0 Å². The molecule has 0 bridgehead atoms. The van der Waals surface area contributed by atoms with Gasteiger partial charge in [-0.05, 0) is 25.0 Å². The number of fused-ring (bicyclic) bond motifs is 1. The van der Waals surface area contributed by atoms with E-state index in [1.54, 1.807) is 12.1 Å². The number of amides is 1. The molecule has 0 aliphatic heterocycles. The van der Waals surface area contributed by atoms with Crippen molar-refractivity contribution < 1.29 is 18.7 Å². The molecule has 1 amide bonds. The van der Waals surface area contributed by atoms with Crippen molar-refractivity contribution in [3.63, 3.8) is 0 Å². The molecule has 1 saturated carbocycles. The Balaban J connectivity index is 0.00000136. The summed E-state index contributed by atoms with van der Waals surface area (Å²) in [4.78, 5) is 29.4. The lowest BCUT2D eigenvalue weighted by atomic mass is 9.92. The fraction of sp³-hybridized carbons (Fsp3) is 0.450. The molecule has 2 heterocycles. The summed E-state index contributed by atoms with van der Waals surface area (Å²) in [5.74, 6) is -3.95. The highest BCUT2D eigenvalue weighted by Gasteiger charge is 2.36. The molecule has 0 aromatic carbocycles. The lowest BCUT2D eigenvalue weighted by Gasteiger charge is -2.28. The monoisotopic (exact) mass is 393 g/mol. The first-order valence-electron chi connectivity index (χ1n) is 9.34. The zero-order valence-corrected chi connectivity index (χ0v) is 16.0. The second-order valence-corrected chi connectivity index (χ2v) is 6.41. The van der Waals surface area contributed by atoms with E-state index >= 15 is 0 Å². The van der Waals surface area contributed by atoms with Crippen molar-refractivity contribution in [3.8, 4) is 5.75 Å². The Morgan fingerprint density at radius 2 is 2.07 bits per heavy atom. The number of hydrogen-bond acceptors (Lipinski definition) is 4. The van der Waals surface area contributed by atoms with Gasteiger partial charge in [0.15, 0.2) is 0 Å². The predicted octanol–water partition coefficient (Wildman–Crippen LogP) is 3.62. The van der Waals surface area contributed by atoms with Crippen LogP contribution in [0, 0.1) is 0 Å². The van der Waals surface area contributed by atoms with Gasteiger partial charge in [-0.1, -0.05) is 19.9 Å². The number of aromatic hydroxyl groups is 1. The van der Waals surface area contributed by atoms with E-state index in [4.69, 9.17) is 0 Å². The van der Waals surface area contributed by atoms with Gasteiger partial charge in [0, 0.05) is 31.6 Å². The van der Waals surface area contributed by atoms with E-state index in [2.05, 4.69) is 16.9 Å². The number of aromatic nitrogens is 2. The van der Waals surface area contributed by atoms with Gasteiger partial charge in [-0.2, -0.15) is 0 Å². The molecule has 152 valence electrons. The normalized spacial score (nSPS) is 16.1. The van der Waals surface area contributed by atoms with Crippen LogP contribution in [-0.4, -0.2) is 32.5 Å². The Kier molecular flexibility index (Phi) is 6.88. The molecule has 2 N–H and O–H groups in total. The molecule has 0 atom stereocenters. The van der Waals surface area contributed by atoms with Crippen LogP contribution in [0.5, 0.6) is 5.75 Å². The van der Waals surface area contributed by atoms with Gasteiger partial charge < -0.3 is 10.4 Å². The highest BCUT2D eigenvalue weighted by atomic mass is 19.3. The van der Waals surface area contributed by atoms with Gasteiger partial charge in [-0.15, -0.1) is 6.58 Å².